The summed E-state index contributed by atoms with van der Waals surface area (Å²) in [6, 6.07) is 17.9. The lowest BCUT2D eigenvalue weighted by Gasteiger charge is -2.11. The second-order valence-corrected chi connectivity index (χ2v) is 8.28. The number of ether oxygens (including phenoxy) is 1. The number of methoxy groups -OCH3 is 1. The van der Waals surface area contributed by atoms with Gasteiger partial charge in [-0.1, -0.05) is 61.9 Å². The van der Waals surface area contributed by atoms with Crippen molar-refractivity contribution < 1.29 is 9.53 Å². The summed E-state index contributed by atoms with van der Waals surface area (Å²) >= 11 is 1.62. The largest absolute Gasteiger partial charge is 0.497 e. The molecule has 0 saturated heterocycles. The smallest absolute Gasteiger partial charge is 0.220 e. The Balaban J connectivity index is 1.68. The molecule has 1 heterocycles. The molecule has 0 radical (unpaired) electrons. The zero-order valence-corrected chi connectivity index (χ0v) is 19.0. The van der Waals surface area contributed by atoms with Crippen LogP contribution in [0, 0.1) is 0 Å². The Morgan fingerprint density at radius 1 is 1.06 bits per heavy atom. The Labute approximate surface area is 188 Å². The van der Waals surface area contributed by atoms with E-state index in [1.54, 1.807) is 18.9 Å². The monoisotopic (exact) mass is 438 g/mol. The second kappa shape index (κ2) is 12.2. The molecule has 0 fully saturated rings. The molecule has 1 N–H and O–H groups in total. The highest BCUT2D eigenvalue weighted by molar-refractivity contribution is 7.99. The van der Waals surface area contributed by atoms with Crippen molar-refractivity contribution >= 4 is 17.7 Å². The van der Waals surface area contributed by atoms with E-state index < -0.39 is 0 Å². The molecule has 3 rings (SSSR count). The van der Waals surface area contributed by atoms with Gasteiger partial charge in [-0.05, 0) is 37.1 Å². The fourth-order valence-corrected chi connectivity index (χ4v) is 4.10. The Bertz CT molecular complexity index is 959. The van der Waals surface area contributed by atoms with Gasteiger partial charge in [0.1, 0.15) is 5.75 Å². The first-order chi connectivity index (χ1) is 15.2. The van der Waals surface area contributed by atoms with E-state index >= 15 is 0 Å². The summed E-state index contributed by atoms with van der Waals surface area (Å²) < 4.78 is 7.43. The van der Waals surface area contributed by atoms with E-state index in [1.807, 2.05) is 54.6 Å². The first-order valence-electron chi connectivity index (χ1n) is 10.8. The van der Waals surface area contributed by atoms with Gasteiger partial charge in [0.25, 0.3) is 0 Å². The van der Waals surface area contributed by atoms with Gasteiger partial charge in [0.05, 0.1) is 7.11 Å². The van der Waals surface area contributed by atoms with Crippen LogP contribution in [0.2, 0.25) is 0 Å². The molecule has 0 saturated carbocycles. The highest BCUT2D eigenvalue weighted by atomic mass is 32.2. The fourth-order valence-electron chi connectivity index (χ4n) is 3.21. The summed E-state index contributed by atoms with van der Waals surface area (Å²) in [6.07, 6.45) is 4.68. The minimum atomic E-state index is 0.123. The molecule has 31 heavy (non-hydrogen) atoms. The number of nitrogens with one attached hydrogen (secondary N) is 1. The number of unbranched alkanes of at least 4 members (excludes halogenated alkanes) is 2. The molecule has 0 aliphatic carbocycles. The number of hydrogen-bond donors (Lipinski definition) is 1. The summed E-state index contributed by atoms with van der Waals surface area (Å²) in [5, 5.41) is 12.7. The molecule has 0 atom stereocenters. The minimum absolute atomic E-state index is 0.123. The van der Waals surface area contributed by atoms with Gasteiger partial charge >= 0.3 is 0 Å². The number of hydrogen-bond acceptors (Lipinski definition) is 5. The van der Waals surface area contributed by atoms with Gasteiger partial charge in [-0.15, -0.1) is 10.2 Å². The minimum Gasteiger partial charge on any atom is -0.497 e. The maximum atomic E-state index is 12.0. The van der Waals surface area contributed by atoms with E-state index in [0.29, 0.717) is 6.42 Å². The van der Waals surface area contributed by atoms with Gasteiger partial charge in [0.15, 0.2) is 11.0 Å². The Morgan fingerprint density at radius 2 is 1.90 bits per heavy atom. The number of para-hydroxylation sites is 1. The van der Waals surface area contributed by atoms with Crippen LogP contribution < -0.4 is 10.1 Å². The third kappa shape index (κ3) is 6.59. The van der Waals surface area contributed by atoms with Crippen LogP contribution in [0.4, 0.5) is 0 Å². The van der Waals surface area contributed by atoms with Gasteiger partial charge < -0.3 is 10.1 Å². The summed E-state index contributed by atoms with van der Waals surface area (Å²) in [5.74, 6) is 2.46. The Kier molecular flexibility index (Phi) is 8.97. The molecule has 6 nitrogen and oxygen atoms in total. The highest BCUT2D eigenvalue weighted by Crippen LogP contribution is 2.30. The molecule has 0 spiro atoms. The van der Waals surface area contributed by atoms with Gasteiger partial charge in [0, 0.05) is 30.0 Å². The fraction of sp³-hybridized carbons (Fsp3) is 0.375. The molecule has 0 bridgehead atoms. The van der Waals surface area contributed by atoms with Gasteiger partial charge in [-0.3, -0.25) is 9.36 Å². The van der Waals surface area contributed by atoms with Crippen LogP contribution in [0.3, 0.4) is 0 Å². The topological polar surface area (TPSA) is 69.0 Å². The zero-order chi connectivity index (χ0) is 21.9. The number of aromatic nitrogens is 3. The van der Waals surface area contributed by atoms with Crippen molar-refractivity contribution in [1.82, 2.24) is 20.1 Å². The van der Waals surface area contributed by atoms with Crippen molar-refractivity contribution in [3.63, 3.8) is 0 Å². The molecule has 1 amide bonds. The normalized spacial score (nSPS) is 10.8. The van der Waals surface area contributed by atoms with Crippen molar-refractivity contribution in [2.45, 2.75) is 44.2 Å². The lowest BCUT2D eigenvalue weighted by molar-refractivity contribution is -0.121. The first-order valence-corrected chi connectivity index (χ1v) is 11.8. The SMILES string of the molecule is CCCCCNC(=O)CCCSc1nnc(-c2cccc(OC)c2)n1-c1ccccc1. The molecular formula is C24H30N4O2S. The van der Waals surface area contributed by atoms with E-state index in [2.05, 4.69) is 27.0 Å². The van der Waals surface area contributed by atoms with E-state index in [0.717, 1.165) is 66.0 Å². The van der Waals surface area contributed by atoms with Crippen LogP contribution in [-0.2, 0) is 4.79 Å². The first kappa shape index (κ1) is 22.9. The van der Waals surface area contributed by atoms with E-state index in [1.165, 1.54) is 0 Å². The molecule has 3 aromatic rings. The van der Waals surface area contributed by atoms with Crippen molar-refractivity contribution in [3.8, 4) is 22.8 Å². The van der Waals surface area contributed by atoms with Gasteiger partial charge in [-0.25, -0.2) is 0 Å². The number of carbonyl (C=O) groups is 1. The van der Waals surface area contributed by atoms with Crippen molar-refractivity contribution in [2.75, 3.05) is 19.4 Å². The molecule has 0 aliphatic heterocycles. The van der Waals surface area contributed by atoms with Crippen LogP contribution in [0.15, 0.2) is 59.8 Å². The third-order valence-corrected chi connectivity index (χ3v) is 5.87. The van der Waals surface area contributed by atoms with E-state index in [4.69, 9.17) is 4.74 Å². The zero-order valence-electron chi connectivity index (χ0n) is 18.2. The van der Waals surface area contributed by atoms with Crippen LogP contribution in [-0.4, -0.2) is 40.1 Å². The molecule has 0 unspecified atom stereocenters. The number of amides is 1. The average Bonchev–Trinajstić information content (AvgIpc) is 3.24. The Morgan fingerprint density at radius 3 is 2.68 bits per heavy atom. The van der Waals surface area contributed by atoms with E-state index in [-0.39, 0.29) is 5.91 Å². The maximum Gasteiger partial charge on any atom is 0.220 e. The van der Waals surface area contributed by atoms with Crippen LogP contribution in [0.1, 0.15) is 39.0 Å². The molecule has 2 aromatic carbocycles. The summed E-state index contributed by atoms with van der Waals surface area (Å²) in [4.78, 5) is 12.0. The average molecular weight is 439 g/mol. The number of nitrogens with zero attached hydrogens (tertiary/aromatic N) is 3. The molecule has 1 aromatic heterocycles. The quantitative estimate of drug-likeness (QED) is 0.314. The lowest BCUT2D eigenvalue weighted by Crippen LogP contribution is -2.24. The van der Waals surface area contributed by atoms with Gasteiger partial charge in [-0.2, -0.15) is 0 Å². The predicted molar refractivity (Wildman–Crippen MR) is 126 cm³/mol. The summed E-state index contributed by atoms with van der Waals surface area (Å²) in [6.45, 7) is 2.93. The number of benzene rings is 2. The molecule has 164 valence electrons. The van der Waals surface area contributed by atoms with Crippen molar-refractivity contribution in [3.05, 3.63) is 54.6 Å². The van der Waals surface area contributed by atoms with Crippen LogP contribution in [0.5, 0.6) is 5.75 Å². The van der Waals surface area contributed by atoms with Crippen LogP contribution >= 0.6 is 11.8 Å². The van der Waals surface area contributed by atoms with E-state index in [9.17, 15) is 4.79 Å². The maximum absolute atomic E-state index is 12.0. The molecule has 0 aliphatic rings. The predicted octanol–water partition coefficient (Wildman–Crippen LogP) is 5.12. The number of carbonyl (C=O) groups excluding carboxylic acids is 1. The number of thioether (sulfide) groups is 1. The molecule has 7 heteroatoms. The van der Waals surface area contributed by atoms with Crippen LogP contribution in [0.25, 0.3) is 17.1 Å². The highest BCUT2D eigenvalue weighted by Gasteiger charge is 2.16. The summed E-state index contributed by atoms with van der Waals surface area (Å²) in [7, 11) is 1.66. The molecular weight excluding hydrogens is 408 g/mol. The second-order valence-electron chi connectivity index (χ2n) is 7.22. The van der Waals surface area contributed by atoms with Gasteiger partial charge in [0.2, 0.25) is 5.91 Å². The lowest BCUT2D eigenvalue weighted by atomic mass is 10.2. The Hall–Kier alpha value is -2.80. The summed E-state index contributed by atoms with van der Waals surface area (Å²) in [5.41, 5.74) is 1.94. The van der Waals surface area contributed by atoms with Crippen molar-refractivity contribution in [2.24, 2.45) is 0 Å². The number of rotatable bonds is 12. The van der Waals surface area contributed by atoms with Crippen molar-refractivity contribution in [1.29, 1.82) is 0 Å². The standard InChI is InChI=1S/C24H30N4O2S/c1-3-4-8-16-25-22(29)15-10-17-31-24-27-26-23(19-11-9-14-21(18-19)30-2)28(24)20-12-6-5-7-13-20/h5-7,9,11-14,18H,3-4,8,10,15-17H2,1-2H3,(H,25,29). The third-order valence-electron chi connectivity index (χ3n) is 4.86.